The van der Waals surface area contributed by atoms with Gasteiger partial charge in [-0.3, -0.25) is 38.6 Å². The summed E-state index contributed by atoms with van der Waals surface area (Å²) in [7, 11) is 1.59. The number of aliphatic carboxylic acids is 1. The molecule has 0 unspecified atom stereocenters. The number of ether oxygens (including phenoxy) is 1. The van der Waals surface area contributed by atoms with Gasteiger partial charge in [-0.25, -0.2) is 9.78 Å². The van der Waals surface area contributed by atoms with Crippen LogP contribution in [0, 0.1) is 11.8 Å². The molecular formula is C66H105N13O10. The number of likely N-dealkylation sites (tertiary alicyclic amines) is 1. The third kappa shape index (κ3) is 28.2. The number of unbranched alkanes of at least 4 members (excludes halogenated alkanes) is 15. The lowest BCUT2D eigenvalue weighted by Gasteiger charge is -2.31. The standard InChI is InChI=1S/C66H105N13O10/c1-7-8-9-10-11-12-13-14-15-16-17-18-19-20-21-25-38-89-50-34-32-48(33-35-50)39-52(74-62(84)57(45(2)3)77-59(81)51(73-56(80)43-69-6)30-26-36-71-66(67)68)60(82)78-58(46(4)5)63(85)75-53(41-49-42-70-44-72-49)64(86)79-37-27-31-55(79)61(83)76-54(65(87)88)40-47-28-23-22-24-29-47/h22-24,28-29,32-35,42,44-46,51-55,57-58,69H,7-21,25-27,30-31,36-41,43H2,1-6H3,(H,70,72)(H,73,80)(H,74,84)(H,75,85)(H,76,83)(H,77,81)(H,78,82)(H,87,88)(H4,67,68,71)/t51-,52-,53-,54-,55-,57-,58-/m0/s1. The Balaban J connectivity index is 1.49. The van der Waals surface area contributed by atoms with Crippen molar-refractivity contribution in [3.8, 4) is 5.75 Å². The number of H-pyrrole nitrogens is 1. The van der Waals surface area contributed by atoms with Crippen LogP contribution in [-0.4, -0.2) is 149 Å². The number of carbonyl (C=O) groups is 8. The Bertz CT molecular complexity index is 2620. The van der Waals surface area contributed by atoms with Crippen LogP contribution < -0.4 is 53.4 Å². The highest BCUT2D eigenvalue weighted by Gasteiger charge is 2.41. The predicted molar refractivity (Wildman–Crippen MR) is 345 cm³/mol. The number of benzene rings is 2. The molecule has 23 heteroatoms. The number of nitrogens with one attached hydrogen (secondary N) is 8. The number of nitrogens with two attached hydrogens (primary N) is 2. The van der Waals surface area contributed by atoms with E-state index in [-0.39, 0.29) is 57.7 Å². The van der Waals surface area contributed by atoms with Crippen LogP contribution in [0.3, 0.4) is 0 Å². The summed E-state index contributed by atoms with van der Waals surface area (Å²) in [5, 5.41) is 29.5. The molecule has 23 nitrogen and oxygen atoms in total. The Kier molecular flexibility index (Phi) is 34.6. The molecule has 0 aliphatic carbocycles. The highest BCUT2D eigenvalue weighted by Crippen LogP contribution is 2.22. The molecule has 1 fully saturated rings. The molecule has 0 spiro atoms. The molecule has 1 aliphatic heterocycles. The number of rotatable bonds is 45. The molecule has 89 heavy (non-hydrogen) atoms. The zero-order valence-corrected chi connectivity index (χ0v) is 53.8. The number of carbonyl (C=O) groups excluding carboxylic acids is 7. The van der Waals surface area contributed by atoms with Crippen molar-refractivity contribution in [3.63, 3.8) is 0 Å². The minimum Gasteiger partial charge on any atom is -0.494 e. The van der Waals surface area contributed by atoms with Gasteiger partial charge in [-0.2, -0.15) is 0 Å². The number of carboxylic acids is 1. The first-order chi connectivity index (χ1) is 42.8. The average molecular weight is 1240 g/mol. The number of aromatic nitrogens is 2. The van der Waals surface area contributed by atoms with Gasteiger partial charge >= 0.3 is 5.97 Å². The number of amides is 7. The van der Waals surface area contributed by atoms with Gasteiger partial charge in [-0.1, -0.05) is 173 Å². The molecule has 1 aliphatic rings. The number of aliphatic imine (C=N–C) groups is 1. The quantitative estimate of drug-likeness (QED) is 0.0185. The Morgan fingerprint density at radius 3 is 1.71 bits per heavy atom. The van der Waals surface area contributed by atoms with Gasteiger partial charge in [0.25, 0.3) is 0 Å². The van der Waals surface area contributed by atoms with E-state index < -0.39 is 101 Å². The number of nitrogens with zero attached hydrogens (tertiary/aromatic N) is 3. The number of hydrogen-bond donors (Lipinski definition) is 11. The number of aromatic amines is 1. The van der Waals surface area contributed by atoms with Gasteiger partial charge in [0.2, 0.25) is 41.4 Å². The zero-order valence-electron chi connectivity index (χ0n) is 53.8. The maximum absolute atomic E-state index is 14.8. The van der Waals surface area contributed by atoms with E-state index in [0.717, 1.165) is 19.3 Å². The maximum Gasteiger partial charge on any atom is 0.326 e. The number of carboxylic acid groups (broad SMARTS) is 1. The molecule has 0 saturated carbocycles. The van der Waals surface area contributed by atoms with Crippen LogP contribution in [-0.2, 0) is 57.6 Å². The molecule has 0 radical (unpaired) electrons. The minimum absolute atomic E-state index is 0.0199. The topological polar surface area (TPSA) is 347 Å². The van der Waals surface area contributed by atoms with Crippen molar-refractivity contribution in [2.75, 3.05) is 33.3 Å². The predicted octanol–water partition coefficient (Wildman–Crippen LogP) is 5.65. The summed E-state index contributed by atoms with van der Waals surface area (Å²) >= 11 is 0. The van der Waals surface area contributed by atoms with Gasteiger partial charge in [-0.15, -0.1) is 0 Å². The fourth-order valence-electron chi connectivity index (χ4n) is 10.9. The van der Waals surface area contributed by atoms with Crippen molar-refractivity contribution in [1.82, 2.24) is 52.1 Å². The van der Waals surface area contributed by atoms with E-state index in [1.807, 2.05) is 0 Å². The second-order valence-electron chi connectivity index (χ2n) is 24.2. The third-order valence-corrected chi connectivity index (χ3v) is 16.0. The molecule has 4 rings (SSSR count). The van der Waals surface area contributed by atoms with E-state index in [2.05, 4.69) is 59.1 Å². The summed E-state index contributed by atoms with van der Waals surface area (Å²) in [6, 6.07) is 7.62. The lowest BCUT2D eigenvalue weighted by molar-refractivity contribution is -0.145. The fraction of sp³-hybridized carbons (Fsp3) is 0.636. The normalized spacial score (nSPS) is 15.0. The van der Waals surface area contributed by atoms with E-state index in [0.29, 0.717) is 42.0 Å². The Hall–Kier alpha value is -7.56. The molecule has 7 amide bonds. The van der Waals surface area contributed by atoms with E-state index >= 15 is 0 Å². The zero-order chi connectivity index (χ0) is 64.9. The highest BCUT2D eigenvalue weighted by molar-refractivity contribution is 5.98. The largest absolute Gasteiger partial charge is 0.494 e. The molecule has 494 valence electrons. The van der Waals surface area contributed by atoms with Crippen LogP contribution in [0.4, 0.5) is 0 Å². The Morgan fingerprint density at radius 2 is 1.18 bits per heavy atom. The van der Waals surface area contributed by atoms with Crippen LogP contribution in [0.5, 0.6) is 5.75 Å². The SMILES string of the molecule is CCCCCCCCCCCCCCCCCCOc1ccc(C[C@H](NC(=O)[C@@H](NC(=O)[C@H](CCCN=C(N)N)NC(=O)CNC)C(C)C)C(=O)N[C@H](C(=O)N[C@@H](Cc2cnc[nH]2)C(=O)N2CCC[C@H]2C(=O)N[C@@H](Cc2ccccc2)C(=O)O)C(C)C)cc1. The van der Waals surface area contributed by atoms with Gasteiger partial charge in [-0.05, 0) is 74.2 Å². The van der Waals surface area contributed by atoms with Crippen LogP contribution in [0.1, 0.15) is 180 Å². The summed E-state index contributed by atoms with van der Waals surface area (Å²) in [5.41, 5.74) is 12.9. The van der Waals surface area contributed by atoms with Crippen LogP contribution in [0.2, 0.25) is 0 Å². The molecule has 2 heterocycles. The third-order valence-electron chi connectivity index (χ3n) is 16.0. The number of imidazole rings is 1. The first-order valence-electron chi connectivity index (χ1n) is 32.6. The van der Waals surface area contributed by atoms with E-state index in [1.165, 1.54) is 101 Å². The van der Waals surface area contributed by atoms with Crippen molar-refractivity contribution in [2.45, 2.75) is 225 Å². The van der Waals surface area contributed by atoms with E-state index in [1.54, 1.807) is 89.3 Å². The molecule has 2 aromatic carbocycles. The van der Waals surface area contributed by atoms with Crippen LogP contribution in [0.15, 0.2) is 72.1 Å². The fourth-order valence-corrected chi connectivity index (χ4v) is 10.9. The van der Waals surface area contributed by atoms with Crippen LogP contribution >= 0.6 is 0 Å². The molecule has 1 aromatic heterocycles. The second kappa shape index (κ2) is 41.6. The van der Waals surface area contributed by atoms with Gasteiger partial charge < -0.3 is 68.4 Å². The molecular weight excluding hydrogens is 1130 g/mol. The van der Waals surface area contributed by atoms with Crippen molar-refractivity contribution in [1.29, 1.82) is 0 Å². The molecule has 7 atom stereocenters. The summed E-state index contributed by atoms with van der Waals surface area (Å²) in [4.78, 5) is 124. The minimum atomic E-state index is -1.32. The van der Waals surface area contributed by atoms with Crippen molar-refractivity contribution >= 4 is 53.3 Å². The molecule has 13 N–H and O–H groups in total. The van der Waals surface area contributed by atoms with Crippen molar-refractivity contribution < 1.29 is 48.2 Å². The number of guanidine groups is 1. The molecule has 3 aromatic rings. The lowest BCUT2D eigenvalue weighted by Crippen LogP contribution is -2.61. The first-order valence-corrected chi connectivity index (χ1v) is 32.6. The number of likely N-dealkylation sites (N-methyl/N-ethyl adjacent to an activating group) is 1. The summed E-state index contributed by atoms with van der Waals surface area (Å²) in [5.74, 6) is -6.33. The van der Waals surface area contributed by atoms with Gasteiger partial charge in [0.1, 0.15) is 48.0 Å². The molecule has 0 bridgehead atoms. The second-order valence-corrected chi connectivity index (χ2v) is 24.2. The van der Waals surface area contributed by atoms with Gasteiger partial charge in [0.15, 0.2) is 5.96 Å². The highest BCUT2D eigenvalue weighted by atomic mass is 16.5. The van der Waals surface area contributed by atoms with Crippen LogP contribution in [0.25, 0.3) is 0 Å². The number of hydrogen-bond acceptors (Lipinski definition) is 12. The van der Waals surface area contributed by atoms with Crippen molar-refractivity contribution in [2.24, 2.45) is 28.3 Å². The smallest absolute Gasteiger partial charge is 0.326 e. The summed E-state index contributed by atoms with van der Waals surface area (Å²) in [6.07, 6.45) is 24.3. The Labute approximate surface area is 527 Å². The summed E-state index contributed by atoms with van der Waals surface area (Å²) in [6.45, 7) is 9.94. The van der Waals surface area contributed by atoms with Crippen molar-refractivity contribution in [3.05, 3.63) is 83.9 Å². The monoisotopic (exact) mass is 1240 g/mol. The summed E-state index contributed by atoms with van der Waals surface area (Å²) < 4.78 is 6.12. The first kappa shape index (κ1) is 73.9. The Morgan fingerprint density at radius 1 is 0.640 bits per heavy atom. The van der Waals surface area contributed by atoms with E-state index in [4.69, 9.17) is 16.2 Å². The average Bonchev–Trinajstić information content (AvgIpc) is 2.45. The van der Waals surface area contributed by atoms with Gasteiger partial charge in [0.05, 0.1) is 19.5 Å². The lowest BCUT2D eigenvalue weighted by atomic mass is 9.98. The van der Waals surface area contributed by atoms with E-state index in [9.17, 15) is 43.5 Å². The van der Waals surface area contributed by atoms with Gasteiger partial charge in [0, 0.05) is 44.2 Å². The molecule has 1 saturated heterocycles. The maximum atomic E-state index is 14.8.